The predicted octanol–water partition coefficient (Wildman–Crippen LogP) is 2.54. The highest BCUT2D eigenvalue weighted by molar-refractivity contribution is 7.89. The first-order chi connectivity index (χ1) is 15.2. The molecule has 0 spiro atoms. The standard InChI is InChI=1S/C23H30N2O7S/c1-15(2)25(14-20(26)27)22(29)19(13-21(28)32-23(3,4)5)24-33(30,31)18-11-10-16-8-6-7-9-17(16)12-18/h6-12,15,19,24H,13-14H2,1-5H3,(H,26,27)/t19-/m0/s1. The van der Waals surface area contributed by atoms with Gasteiger partial charge in [0.15, 0.2) is 0 Å². The van der Waals surface area contributed by atoms with E-state index in [-0.39, 0.29) is 4.90 Å². The Morgan fingerprint density at radius 3 is 2.21 bits per heavy atom. The highest BCUT2D eigenvalue weighted by atomic mass is 32.2. The number of hydrogen-bond acceptors (Lipinski definition) is 6. The van der Waals surface area contributed by atoms with Crippen LogP contribution in [0.3, 0.4) is 0 Å². The summed E-state index contributed by atoms with van der Waals surface area (Å²) in [6.45, 7) is 7.49. The van der Waals surface area contributed by atoms with Crippen LogP contribution in [0.2, 0.25) is 0 Å². The number of fused-ring (bicyclic) bond motifs is 1. The Morgan fingerprint density at radius 1 is 1.06 bits per heavy atom. The number of sulfonamides is 1. The first-order valence-corrected chi connectivity index (χ1v) is 11.9. The predicted molar refractivity (Wildman–Crippen MR) is 123 cm³/mol. The second-order valence-electron chi connectivity index (χ2n) is 8.93. The van der Waals surface area contributed by atoms with Crippen LogP contribution in [-0.2, 0) is 29.1 Å². The molecule has 0 saturated carbocycles. The maximum Gasteiger partial charge on any atom is 0.323 e. The number of carboxylic acid groups (broad SMARTS) is 1. The Labute approximate surface area is 193 Å². The molecular formula is C23H30N2O7S. The van der Waals surface area contributed by atoms with Gasteiger partial charge in [-0.15, -0.1) is 0 Å². The van der Waals surface area contributed by atoms with Crippen molar-refractivity contribution in [2.24, 2.45) is 0 Å². The summed E-state index contributed by atoms with van der Waals surface area (Å²) in [6.07, 6.45) is -0.592. The van der Waals surface area contributed by atoms with Crippen LogP contribution in [0.15, 0.2) is 47.4 Å². The summed E-state index contributed by atoms with van der Waals surface area (Å²) in [4.78, 5) is 37.8. The molecule has 2 N–H and O–H groups in total. The molecule has 0 aromatic heterocycles. The van der Waals surface area contributed by atoms with Crippen molar-refractivity contribution in [1.82, 2.24) is 9.62 Å². The van der Waals surface area contributed by atoms with Crippen LogP contribution in [0.1, 0.15) is 41.0 Å². The lowest BCUT2D eigenvalue weighted by atomic mass is 10.1. The van der Waals surface area contributed by atoms with Gasteiger partial charge >= 0.3 is 11.9 Å². The Morgan fingerprint density at radius 2 is 1.67 bits per heavy atom. The number of esters is 1. The monoisotopic (exact) mass is 478 g/mol. The topological polar surface area (TPSA) is 130 Å². The number of nitrogens with zero attached hydrogens (tertiary/aromatic N) is 1. The number of benzene rings is 2. The van der Waals surface area contributed by atoms with Crippen LogP contribution in [0.25, 0.3) is 10.8 Å². The van der Waals surface area contributed by atoms with Crippen LogP contribution in [0.5, 0.6) is 0 Å². The summed E-state index contributed by atoms with van der Waals surface area (Å²) < 4.78 is 33.8. The van der Waals surface area contributed by atoms with E-state index in [0.29, 0.717) is 5.39 Å². The van der Waals surface area contributed by atoms with E-state index in [0.717, 1.165) is 10.3 Å². The maximum absolute atomic E-state index is 13.2. The van der Waals surface area contributed by atoms with Gasteiger partial charge in [-0.05, 0) is 57.5 Å². The molecule has 0 unspecified atom stereocenters. The van der Waals surface area contributed by atoms with Gasteiger partial charge in [0.05, 0.1) is 11.3 Å². The molecule has 2 rings (SSSR count). The summed E-state index contributed by atoms with van der Waals surface area (Å²) >= 11 is 0. The van der Waals surface area contributed by atoms with Crippen LogP contribution in [0.4, 0.5) is 0 Å². The molecule has 10 heteroatoms. The van der Waals surface area contributed by atoms with Crippen LogP contribution in [-0.4, -0.2) is 60.5 Å². The second-order valence-corrected chi connectivity index (χ2v) is 10.6. The van der Waals surface area contributed by atoms with Crippen molar-refractivity contribution in [2.75, 3.05) is 6.54 Å². The van der Waals surface area contributed by atoms with E-state index in [1.807, 2.05) is 12.1 Å². The van der Waals surface area contributed by atoms with Gasteiger partial charge in [0.2, 0.25) is 15.9 Å². The van der Waals surface area contributed by atoms with Gasteiger partial charge in [-0.25, -0.2) is 8.42 Å². The molecule has 33 heavy (non-hydrogen) atoms. The van der Waals surface area contributed by atoms with Gasteiger partial charge < -0.3 is 14.7 Å². The number of carboxylic acids is 1. The number of hydrogen-bond donors (Lipinski definition) is 2. The summed E-state index contributed by atoms with van der Waals surface area (Å²) in [5.74, 6) is -2.88. The fourth-order valence-corrected chi connectivity index (χ4v) is 4.40. The summed E-state index contributed by atoms with van der Waals surface area (Å²) in [5, 5.41) is 10.7. The minimum atomic E-state index is -4.23. The summed E-state index contributed by atoms with van der Waals surface area (Å²) in [5.41, 5.74) is -0.847. The maximum atomic E-state index is 13.2. The Bertz CT molecular complexity index is 1140. The van der Waals surface area contributed by atoms with E-state index in [2.05, 4.69) is 4.72 Å². The Hall–Kier alpha value is -2.98. The van der Waals surface area contributed by atoms with Gasteiger partial charge in [-0.1, -0.05) is 30.3 Å². The number of ether oxygens (including phenoxy) is 1. The van der Waals surface area contributed by atoms with Crippen molar-refractivity contribution < 1.29 is 32.6 Å². The van der Waals surface area contributed by atoms with Crippen molar-refractivity contribution in [2.45, 2.75) is 63.6 Å². The largest absolute Gasteiger partial charge is 0.480 e. The molecule has 0 aliphatic rings. The van der Waals surface area contributed by atoms with E-state index in [4.69, 9.17) is 4.74 Å². The highest BCUT2D eigenvalue weighted by Crippen LogP contribution is 2.20. The minimum Gasteiger partial charge on any atom is -0.480 e. The fraction of sp³-hybridized carbons (Fsp3) is 0.435. The quantitative estimate of drug-likeness (QED) is 0.530. The average molecular weight is 479 g/mol. The van der Waals surface area contributed by atoms with Gasteiger partial charge in [-0.2, -0.15) is 4.72 Å². The number of carbonyl (C=O) groups excluding carboxylic acids is 2. The third-order valence-electron chi connectivity index (χ3n) is 4.63. The van der Waals surface area contributed by atoms with Crippen molar-refractivity contribution in [1.29, 1.82) is 0 Å². The summed E-state index contributed by atoms with van der Waals surface area (Å²) in [7, 11) is -4.23. The van der Waals surface area contributed by atoms with Crippen molar-refractivity contribution in [3.63, 3.8) is 0 Å². The van der Waals surface area contributed by atoms with E-state index in [1.165, 1.54) is 12.1 Å². The lowest BCUT2D eigenvalue weighted by Crippen LogP contribution is -2.53. The second kappa shape index (κ2) is 10.3. The number of rotatable bonds is 9. The van der Waals surface area contributed by atoms with Crippen LogP contribution >= 0.6 is 0 Å². The Kier molecular flexibility index (Phi) is 8.20. The lowest BCUT2D eigenvalue weighted by molar-refractivity contribution is -0.157. The zero-order valence-corrected chi connectivity index (χ0v) is 20.2. The molecule has 0 saturated heterocycles. The van der Waals surface area contributed by atoms with Crippen LogP contribution in [0, 0.1) is 0 Å². The van der Waals surface area contributed by atoms with Crippen LogP contribution < -0.4 is 4.72 Å². The molecule has 0 heterocycles. The molecule has 0 radical (unpaired) electrons. The number of nitrogens with one attached hydrogen (secondary N) is 1. The normalized spacial score (nSPS) is 13.0. The van der Waals surface area contributed by atoms with Crippen molar-refractivity contribution in [3.05, 3.63) is 42.5 Å². The number of carbonyl (C=O) groups is 3. The summed E-state index contributed by atoms with van der Waals surface area (Å²) in [6, 6.07) is 9.60. The van der Waals surface area contributed by atoms with Gasteiger partial charge in [-0.3, -0.25) is 14.4 Å². The molecule has 1 atom stereocenters. The molecule has 0 bridgehead atoms. The number of amides is 1. The van der Waals surface area contributed by atoms with Gasteiger partial charge in [0.1, 0.15) is 18.2 Å². The third kappa shape index (κ3) is 7.54. The first kappa shape index (κ1) is 26.3. The van der Waals surface area contributed by atoms with E-state index >= 15 is 0 Å². The molecule has 0 aliphatic heterocycles. The molecule has 0 aliphatic carbocycles. The third-order valence-corrected chi connectivity index (χ3v) is 6.10. The fourth-order valence-electron chi connectivity index (χ4n) is 3.18. The molecule has 0 fully saturated rings. The van der Waals surface area contributed by atoms with Crippen molar-refractivity contribution >= 4 is 38.6 Å². The molecule has 2 aromatic carbocycles. The smallest absolute Gasteiger partial charge is 0.323 e. The highest BCUT2D eigenvalue weighted by Gasteiger charge is 2.34. The van der Waals surface area contributed by atoms with E-state index in [1.54, 1.807) is 52.8 Å². The minimum absolute atomic E-state index is 0.0856. The molecular weight excluding hydrogens is 448 g/mol. The molecule has 9 nitrogen and oxygen atoms in total. The van der Waals surface area contributed by atoms with E-state index < -0.39 is 58.5 Å². The molecule has 180 valence electrons. The van der Waals surface area contributed by atoms with Gasteiger partial charge in [0, 0.05) is 6.04 Å². The molecule has 2 aromatic rings. The Balaban J connectivity index is 2.40. The SMILES string of the molecule is CC(C)N(CC(=O)O)C(=O)[C@H](CC(=O)OC(C)(C)C)NS(=O)(=O)c1ccc2ccccc2c1. The zero-order chi connectivity index (χ0) is 25.0. The lowest BCUT2D eigenvalue weighted by Gasteiger charge is -2.30. The molecule has 1 amide bonds. The number of aliphatic carboxylic acids is 1. The first-order valence-electron chi connectivity index (χ1n) is 10.4. The van der Waals surface area contributed by atoms with Crippen molar-refractivity contribution in [3.8, 4) is 0 Å². The average Bonchev–Trinajstić information content (AvgIpc) is 2.68. The van der Waals surface area contributed by atoms with Gasteiger partial charge in [0.25, 0.3) is 0 Å². The van der Waals surface area contributed by atoms with E-state index in [9.17, 15) is 27.9 Å². The zero-order valence-electron chi connectivity index (χ0n) is 19.4.